The molecule has 0 radical (unpaired) electrons. The van der Waals surface area contributed by atoms with E-state index < -0.39 is 0 Å². The molecular formula is C10H15N. The minimum atomic E-state index is 0.321. The fourth-order valence-electron chi connectivity index (χ4n) is 4.93. The van der Waals surface area contributed by atoms with Crippen LogP contribution >= 0.6 is 0 Å². The van der Waals surface area contributed by atoms with Crippen molar-refractivity contribution in [2.45, 2.75) is 31.2 Å². The van der Waals surface area contributed by atoms with Crippen molar-refractivity contribution in [2.75, 3.05) is 0 Å². The van der Waals surface area contributed by atoms with Gasteiger partial charge in [-0.1, -0.05) is 0 Å². The highest BCUT2D eigenvalue weighted by Crippen LogP contribution is 2.75. The highest BCUT2D eigenvalue weighted by Gasteiger charge is 2.71. The summed E-state index contributed by atoms with van der Waals surface area (Å²) >= 11 is 0. The van der Waals surface area contributed by atoms with Crippen LogP contribution in [0.5, 0.6) is 0 Å². The Kier molecular flexibility index (Phi) is 0.651. The topological polar surface area (TPSA) is 26.0 Å². The van der Waals surface area contributed by atoms with E-state index in [0.29, 0.717) is 5.54 Å². The van der Waals surface area contributed by atoms with E-state index >= 15 is 0 Å². The first kappa shape index (κ1) is 5.58. The highest BCUT2D eigenvalue weighted by atomic mass is 14.9. The zero-order valence-electron chi connectivity index (χ0n) is 6.79. The Balaban J connectivity index is 1.87. The van der Waals surface area contributed by atoms with Gasteiger partial charge >= 0.3 is 0 Å². The number of rotatable bonds is 0. The Morgan fingerprint density at radius 2 is 1.64 bits per heavy atom. The van der Waals surface area contributed by atoms with Gasteiger partial charge in [-0.3, -0.25) is 0 Å². The third-order valence-corrected chi connectivity index (χ3v) is 4.97. The number of hydrogen-bond acceptors (Lipinski definition) is 1. The molecule has 0 aromatic rings. The van der Waals surface area contributed by atoms with Crippen LogP contribution in [-0.4, -0.2) is 5.54 Å². The average molecular weight is 149 g/mol. The van der Waals surface area contributed by atoms with E-state index in [1.165, 1.54) is 31.1 Å². The van der Waals surface area contributed by atoms with Gasteiger partial charge in [0.15, 0.2) is 0 Å². The van der Waals surface area contributed by atoms with Crippen molar-refractivity contribution in [1.82, 2.24) is 0 Å². The van der Waals surface area contributed by atoms with E-state index in [-0.39, 0.29) is 0 Å². The van der Waals surface area contributed by atoms with E-state index in [0.717, 1.165) is 17.8 Å². The maximum Gasteiger partial charge on any atom is 0.0162 e. The van der Waals surface area contributed by atoms with Crippen molar-refractivity contribution >= 4 is 0 Å². The second-order valence-corrected chi connectivity index (χ2v) is 5.55. The van der Waals surface area contributed by atoms with E-state index in [9.17, 15) is 0 Å². The van der Waals surface area contributed by atoms with Gasteiger partial charge < -0.3 is 5.73 Å². The maximum atomic E-state index is 6.33. The van der Waals surface area contributed by atoms with Crippen LogP contribution < -0.4 is 5.73 Å². The van der Waals surface area contributed by atoms with E-state index in [1.54, 1.807) is 6.42 Å². The lowest BCUT2D eigenvalue weighted by atomic mass is 9.63. The second kappa shape index (κ2) is 1.28. The first-order valence-electron chi connectivity index (χ1n) is 5.06. The van der Waals surface area contributed by atoms with Crippen LogP contribution in [0, 0.1) is 29.6 Å². The molecule has 5 saturated carbocycles. The molecule has 1 nitrogen and oxygen atoms in total. The summed E-state index contributed by atoms with van der Waals surface area (Å²) in [6.07, 6.45) is 5.68. The summed E-state index contributed by atoms with van der Waals surface area (Å²) in [6.45, 7) is 0. The first-order valence-corrected chi connectivity index (χ1v) is 5.06. The summed E-state index contributed by atoms with van der Waals surface area (Å²) < 4.78 is 0. The number of hydrogen-bond donors (Lipinski definition) is 1. The monoisotopic (exact) mass is 149 g/mol. The molecule has 0 spiro atoms. The van der Waals surface area contributed by atoms with Crippen molar-refractivity contribution in [3.05, 3.63) is 0 Å². The smallest absolute Gasteiger partial charge is 0.0162 e. The molecule has 5 aliphatic rings. The number of nitrogens with two attached hydrogens (primary N) is 1. The van der Waals surface area contributed by atoms with E-state index in [4.69, 9.17) is 5.73 Å². The molecule has 4 atom stereocenters. The quantitative estimate of drug-likeness (QED) is 0.553. The summed E-state index contributed by atoms with van der Waals surface area (Å²) in [6, 6.07) is 0. The van der Waals surface area contributed by atoms with Crippen molar-refractivity contribution in [2.24, 2.45) is 35.3 Å². The van der Waals surface area contributed by atoms with Gasteiger partial charge in [-0.05, 0) is 55.3 Å². The van der Waals surface area contributed by atoms with Gasteiger partial charge in [0, 0.05) is 5.54 Å². The zero-order valence-corrected chi connectivity index (χ0v) is 6.79. The molecule has 0 aromatic carbocycles. The van der Waals surface area contributed by atoms with Crippen LogP contribution in [0.2, 0.25) is 0 Å². The minimum Gasteiger partial charge on any atom is -0.325 e. The molecule has 4 unspecified atom stereocenters. The predicted molar refractivity (Wildman–Crippen MR) is 42.8 cm³/mol. The molecule has 60 valence electrons. The van der Waals surface area contributed by atoms with Crippen molar-refractivity contribution in [3.63, 3.8) is 0 Å². The molecule has 5 fully saturated rings. The SMILES string of the molecule is NC12CC3CC(C1)C1C(C2)C31. The van der Waals surface area contributed by atoms with Gasteiger partial charge in [0.05, 0.1) is 0 Å². The van der Waals surface area contributed by atoms with Crippen LogP contribution in [0.15, 0.2) is 0 Å². The maximum absolute atomic E-state index is 6.33. The molecule has 5 rings (SSSR count). The lowest BCUT2D eigenvalue weighted by Crippen LogP contribution is -2.50. The molecule has 4 bridgehead atoms. The molecular weight excluding hydrogens is 134 g/mol. The van der Waals surface area contributed by atoms with Gasteiger partial charge in [-0.15, -0.1) is 0 Å². The molecule has 11 heavy (non-hydrogen) atoms. The lowest BCUT2D eigenvalue weighted by molar-refractivity contribution is 0.0983. The Labute approximate surface area is 67.3 Å². The first-order chi connectivity index (χ1) is 5.27. The van der Waals surface area contributed by atoms with Crippen LogP contribution in [0.4, 0.5) is 0 Å². The molecule has 0 heterocycles. The highest BCUT2D eigenvalue weighted by molar-refractivity contribution is 5.22. The van der Waals surface area contributed by atoms with Gasteiger partial charge in [-0.2, -0.15) is 0 Å². The van der Waals surface area contributed by atoms with Crippen molar-refractivity contribution in [3.8, 4) is 0 Å². The molecule has 1 heteroatoms. The Bertz CT molecular complexity index is 217. The molecule has 2 N–H and O–H groups in total. The van der Waals surface area contributed by atoms with Crippen LogP contribution in [0.1, 0.15) is 25.7 Å². The molecule has 0 saturated heterocycles. The third kappa shape index (κ3) is 0.462. The minimum absolute atomic E-state index is 0.321. The van der Waals surface area contributed by atoms with Gasteiger partial charge in [0.1, 0.15) is 0 Å². The summed E-state index contributed by atoms with van der Waals surface area (Å²) in [4.78, 5) is 0. The summed E-state index contributed by atoms with van der Waals surface area (Å²) in [5.41, 5.74) is 6.66. The van der Waals surface area contributed by atoms with E-state index in [2.05, 4.69) is 0 Å². The van der Waals surface area contributed by atoms with Crippen LogP contribution in [-0.2, 0) is 0 Å². The van der Waals surface area contributed by atoms with Gasteiger partial charge in [0.2, 0.25) is 0 Å². The molecule has 0 amide bonds. The zero-order chi connectivity index (χ0) is 7.22. The fraction of sp³-hybridized carbons (Fsp3) is 1.00. The Morgan fingerprint density at radius 3 is 2.18 bits per heavy atom. The summed E-state index contributed by atoms with van der Waals surface area (Å²) in [5.74, 6) is 5.58. The molecule has 5 aliphatic carbocycles. The molecule has 0 aromatic heterocycles. The lowest BCUT2D eigenvalue weighted by Gasteiger charge is -2.45. The Hall–Kier alpha value is -0.0400. The van der Waals surface area contributed by atoms with Crippen LogP contribution in [0.3, 0.4) is 0 Å². The van der Waals surface area contributed by atoms with Crippen molar-refractivity contribution in [1.29, 1.82) is 0 Å². The summed E-state index contributed by atoms with van der Waals surface area (Å²) in [7, 11) is 0. The summed E-state index contributed by atoms with van der Waals surface area (Å²) in [5, 5.41) is 0. The van der Waals surface area contributed by atoms with E-state index in [1.807, 2.05) is 0 Å². The van der Waals surface area contributed by atoms with Gasteiger partial charge in [-0.25, -0.2) is 0 Å². The van der Waals surface area contributed by atoms with Gasteiger partial charge in [0.25, 0.3) is 0 Å². The van der Waals surface area contributed by atoms with Crippen molar-refractivity contribution < 1.29 is 0 Å². The largest absolute Gasteiger partial charge is 0.325 e. The third-order valence-electron chi connectivity index (χ3n) is 4.97. The average Bonchev–Trinajstić information content (AvgIpc) is 2.51. The second-order valence-electron chi connectivity index (χ2n) is 5.55. The molecule has 0 aliphatic heterocycles. The standard InChI is InChI=1S/C10H15N/c11-10-2-5-1-6(3-10)9-7(4-10)8(5)9/h5-9H,1-4,11H2. The Morgan fingerprint density at radius 1 is 1.00 bits per heavy atom. The fourth-order valence-corrected chi connectivity index (χ4v) is 4.93. The predicted octanol–water partition coefficient (Wildman–Crippen LogP) is 1.38. The normalized spacial score (nSPS) is 75.5. The van der Waals surface area contributed by atoms with Crippen LogP contribution in [0.25, 0.3) is 0 Å².